The smallest absolute Gasteiger partial charge is 0.324 e. The summed E-state index contributed by atoms with van der Waals surface area (Å²) in [5.74, 6) is 0.993. The van der Waals surface area contributed by atoms with Crippen molar-refractivity contribution in [1.29, 1.82) is 0 Å². The quantitative estimate of drug-likeness (QED) is 0.642. The van der Waals surface area contributed by atoms with Crippen LogP contribution >= 0.6 is 0 Å². The molecule has 5 heteroatoms. The summed E-state index contributed by atoms with van der Waals surface area (Å²) >= 11 is 0. The Hall–Kier alpha value is -1.54. The molecule has 17 heavy (non-hydrogen) atoms. The summed E-state index contributed by atoms with van der Waals surface area (Å²) in [7, 11) is 0. The van der Waals surface area contributed by atoms with Gasteiger partial charge in [-0.25, -0.2) is 4.39 Å². The van der Waals surface area contributed by atoms with Crippen molar-refractivity contribution in [3.63, 3.8) is 0 Å². The number of hydrogen-bond acceptors (Lipinski definition) is 1. The molecule has 0 fully saturated rings. The molecule has 0 aromatic heterocycles. The molecule has 0 aliphatic carbocycles. The van der Waals surface area contributed by atoms with E-state index in [0.29, 0.717) is 6.07 Å². The van der Waals surface area contributed by atoms with Crippen LogP contribution in [-0.2, 0) is 6.18 Å². The zero-order chi connectivity index (χ0) is 13.1. The van der Waals surface area contributed by atoms with Crippen LogP contribution in [0.1, 0.15) is 30.0 Å². The zero-order valence-corrected chi connectivity index (χ0v) is 8.89. The number of alkyl halides is 3. The molecule has 1 aromatic carbocycles. The highest BCUT2D eigenvalue weighted by atomic mass is 19.4. The Balaban J connectivity index is 3.07. The Morgan fingerprint density at radius 1 is 1.35 bits per heavy atom. The van der Waals surface area contributed by atoms with Gasteiger partial charge in [-0.2, -0.15) is 13.2 Å². The predicted molar refractivity (Wildman–Crippen MR) is 56.4 cm³/mol. The minimum absolute atomic E-state index is 0.157. The van der Waals surface area contributed by atoms with Crippen LogP contribution in [0.5, 0.6) is 0 Å². The molecule has 0 spiro atoms. The molecule has 0 bridgehead atoms. The lowest BCUT2D eigenvalue weighted by molar-refractivity contribution is -0.140. The molecule has 2 N–H and O–H groups in total. The Morgan fingerprint density at radius 3 is 2.53 bits per heavy atom. The van der Waals surface area contributed by atoms with Crippen LogP contribution < -0.4 is 5.73 Å². The number of benzene rings is 1. The van der Waals surface area contributed by atoms with E-state index in [1.54, 1.807) is 0 Å². The van der Waals surface area contributed by atoms with E-state index in [4.69, 9.17) is 12.2 Å². The number of halogens is 4. The highest BCUT2D eigenvalue weighted by molar-refractivity contribution is 5.30. The van der Waals surface area contributed by atoms with Crippen LogP contribution in [-0.4, -0.2) is 0 Å². The maximum Gasteiger partial charge on any atom is 0.419 e. The van der Waals surface area contributed by atoms with Gasteiger partial charge < -0.3 is 5.73 Å². The molecule has 0 aliphatic heterocycles. The van der Waals surface area contributed by atoms with Gasteiger partial charge in [-0.15, -0.1) is 12.3 Å². The van der Waals surface area contributed by atoms with Gasteiger partial charge in [0.05, 0.1) is 5.56 Å². The van der Waals surface area contributed by atoms with Gasteiger partial charge in [-0.1, -0.05) is 12.1 Å². The topological polar surface area (TPSA) is 26.0 Å². The van der Waals surface area contributed by atoms with Crippen molar-refractivity contribution in [3.05, 3.63) is 35.1 Å². The van der Waals surface area contributed by atoms with Crippen molar-refractivity contribution in [2.24, 2.45) is 5.73 Å². The van der Waals surface area contributed by atoms with Crippen LogP contribution in [0, 0.1) is 18.2 Å². The van der Waals surface area contributed by atoms with Crippen LogP contribution in [0.15, 0.2) is 18.2 Å². The number of rotatable bonds is 3. The summed E-state index contributed by atoms with van der Waals surface area (Å²) in [6.45, 7) is 0. The molecule has 1 aromatic rings. The van der Waals surface area contributed by atoms with Crippen LogP contribution in [0.2, 0.25) is 0 Å². The summed E-state index contributed by atoms with van der Waals surface area (Å²) < 4.78 is 50.9. The van der Waals surface area contributed by atoms with Crippen LogP contribution in [0.4, 0.5) is 17.6 Å². The van der Waals surface area contributed by atoms with Gasteiger partial charge in [0.1, 0.15) is 5.82 Å². The van der Waals surface area contributed by atoms with E-state index in [0.717, 1.165) is 6.07 Å². The minimum Gasteiger partial charge on any atom is -0.324 e. The molecular formula is C12H11F4N. The van der Waals surface area contributed by atoms with Crippen molar-refractivity contribution in [3.8, 4) is 12.3 Å². The number of nitrogens with two attached hydrogens (primary N) is 1. The molecular weight excluding hydrogens is 234 g/mol. The molecule has 0 heterocycles. The third-order valence-corrected chi connectivity index (χ3v) is 2.33. The van der Waals surface area contributed by atoms with Crippen LogP contribution in [0.25, 0.3) is 0 Å². The van der Waals surface area contributed by atoms with Crippen molar-refractivity contribution < 1.29 is 17.6 Å². The van der Waals surface area contributed by atoms with Gasteiger partial charge in [-0.3, -0.25) is 0 Å². The maximum atomic E-state index is 13.6. The second-order valence-electron chi connectivity index (χ2n) is 3.56. The molecule has 1 nitrogen and oxygen atoms in total. The second-order valence-corrected chi connectivity index (χ2v) is 3.56. The number of terminal acetylenes is 1. The normalized spacial score (nSPS) is 13.2. The van der Waals surface area contributed by atoms with Gasteiger partial charge in [-0.05, 0) is 12.5 Å². The van der Waals surface area contributed by atoms with Gasteiger partial charge >= 0.3 is 6.18 Å². The lowest BCUT2D eigenvalue weighted by atomic mass is 9.99. The van der Waals surface area contributed by atoms with E-state index in [1.807, 2.05) is 0 Å². The summed E-state index contributed by atoms with van der Waals surface area (Å²) in [4.78, 5) is 0. The fraction of sp³-hybridized carbons (Fsp3) is 0.333. The van der Waals surface area contributed by atoms with E-state index < -0.39 is 23.6 Å². The van der Waals surface area contributed by atoms with E-state index >= 15 is 0 Å². The third-order valence-electron chi connectivity index (χ3n) is 2.33. The SMILES string of the molecule is C#CCCC(N)c1cccc(C(F)(F)F)c1F. The zero-order valence-electron chi connectivity index (χ0n) is 8.89. The Labute approximate surface area is 96.6 Å². The first-order valence-electron chi connectivity index (χ1n) is 4.92. The van der Waals surface area contributed by atoms with E-state index in [2.05, 4.69) is 5.92 Å². The molecule has 0 amide bonds. The first-order valence-corrected chi connectivity index (χ1v) is 4.92. The molecule has 1 unspecified atom stereocenters. The molecule has 1 atom stereocenters. The summed E-state index contributed by atoms with van der Waals surface area (Å²) in [6, 6.07) is 2.24. The van der Waals surface area contributed by atoms with Gasteiger partial charge in [0, 0.05) is 18.0 Å². The fourth-order valence-corrected chi connectivity index (χ4v) is 1.45. The predicted octanol–water partition coefficient (Wildman–Crippen LogP) is 3.26. The Morgan fingerprint density at radius 2 is 2.00 bits per heavy atom. The number of hydrogen-bond donors (Lipinski definition) is 1. The average Bonchev–Trinajstić information content (AvgIpc) is 2.24. The first-order chi connectivity index (χ1) is 7.88. The average molecular weight is 245 g/mol. The highest BCUT2D eigenvalue weighted by Crippen LogP contribution is 2.34. The van der Waals surface area contributed by atoms with E-state index in [-0.39, 0.29) is 18.4 Å². The first kappa shape index (κ1) is 13.5. The van der Waals surface area contributed by atoms with E-state index in [1.165, 1.54) is 6.07 Å². The maximum absolute atomic E-state index is 13.6. The summed E-state index contributed by atoms with van der Waals surface area (Å²) in [6.07, 6.45) is 0.830. The fourth-order valence-electron chi connectivity index (χ4n) is 1.45. The van der Waals surface area contributed by atoms with Crippen molar-refractivity contribution >= 4 is 0 Å². The molecule has 92 valence electrons. The molecule has 0 saturated carbocycles. The standard InChI is InChI=1S/C12H11F4N/c1-2-3-7-10(17)8-5-4-6-9(11(8)13)12(14,15)16/h1,4-6,10H,3,7,17H2. The van der Waals surface area contributed by atoms with Crippen LogP contribution in [0.3, 0.4) is 0 Å². The van der Waals surface area contributed by atoms with Gasteiger partial charge in [0.25, 0.3) is 0 Å². The lowest BCUT2D eigenvalue weighted by Crippen LogP contribution is -2.16. The summed E-state index contributed by atoms with van der Waals surface area (Å²) in [5, 5.41) is 0. The third kappa shape index (κ3) is 3.21. The van der Waals surface area contributed by atoms with Crippen molar-refractivity contribution in [1.82, 2.24) is 0 Å². The largest absolute Gasteiger partial charge is 0.419 e. The van der Waals surface area contributed by atoms with Crippen molar-refractivity contribution in [2.45, 2.75) is 25.1 Å². The highest BCUT2D eigenvalue weighted by Gasteiger charge is 2.35. The van der Waals surface area contributed by atoms with Gasteiger partial charge in [0.2, 0.25) is 0 Å². The molecule has 0 aliphatic rings. The lowest BCUT2D eigenvalue weighted by Gasteiger charge is -2.15. The second kappa shape index (κ2) is 5.19. The monoisotopic (exact) mass is 245 g/mol. The van der Waals surface area contributed by atoms with Crippen molar-refractivity contribution in [2.75, 3.05) is 0 Å². The van der Waals surface area contributed by atoms with Gasteiger partial charge in [0.15, 0.2) is 0 Å². The Bertz CT molecular complexity index is 431. The molecule has 1 rings (SSSR count). The minimum atomic E-state index is -4.72. The molecule has 0 radical (unpaired) electrons. The van der Waals surface area contributed by atoms with E-state index in [9.17, 15) is 17.6 Å². The summed E-state index contributed by atoms with van der Waals surface area (Å²) in [5.41, 5.74) is 4.13. The Kier molecular flexibility index (Phi) is 4.13. The molecule has 0 saturated heterocycles.